The maximum atomic E-state index is 12.7. The summed E-state index contributed by atoms with van der Waals surface area (Å²) in [6.07, 6.45) is -4.35. The van der Waals surface area contributed by atoms with Gasteiger partial charge in [-0.15, -0.1) is 0 Å². The fourth-order valence-electron chi connectivity index (χ4n) is 2.10. The van der Waals surface area contributed by atoms with Crippen LogP contribution in [0.15, 0.2) is 42.5 Å². The van der Waals surface area contributed by atoms with Crippen LogP contribution in [0, 0.1) is 0 Å². The molecule has 3 N–H and O–H groups in total. The summed E-state index contributed by atoms with van der Waals surface area (Å²) >= 11 is 0. The van der Waals surface area contributed by atoms with Gasteiger partial charge in [-0.05, 0) is 35.4 Å². The highest BCUT2D eigenvalue weighted by Gasteiger charge is 2.30. The summed E-state index contributed by atoms with van der Waals surface area (Å²) in [5, 5.41) is 7.36. The van der Waals surface area contributed by atoms with Gasteiger partial charge in [0, 0.05) is 5.39 Å². The molecule has 0 fully saturated rings. The summed E-state index contributed by atoms with van der Waals surface area (Å²) in [6, 6.07) is 10.4. The molecule has 0 aliphatic carbocycles. The number of nitrogens with zero attached hydrogens (tertiary/aromatic N) is 1. The van der Waals surface area contributed by atoms with E-state index in [0.717, 1.165) is 17.5 Å². The molecule has 0 unspecified atom stereocenters. The zero-order valence-electron chi connectivity index (χ0n) is 10.2. The summed E-state index contributed by atoms with van der Waals surface area (Å²) in [6.45, 7) is 0. The molecule has 6 heteroatoms. The second-order valence-corrected chi connectivity index (χ2v) is 4.45. The van der Waals surface area contributed by atoms with E-state index in [2.05, 4.69) is 10.2 Å². The van der Waals surface area contributed by atoms with Gasteiger partial charge >= 0.3 is 6.18 Å². The second kappa shape index (κ2) is 4.26. The normalized spacial score (nSPS) is 11.9. The summed E-state index contributed by atoms with van der Waals surface area (Å²) in [7, 11) is 0. The Labute approximate surface area is 112 Å². The number of benzene rings is 2. The lowest BCUT2D eigenvalue weighted by Gasteiger charge is -2.09. The first-order chi connectivity index (χ1) is 9.45. The first-order valence-electron chi connectivity index (χ1n) is 5.86. The molecule has 0 amide bonds. The van der Waals surface area contributed by atoms with Crippen molar-refractivity contribution < 1.29 is 13.2 Å². The maximum absolute atomic E-state index is 12.7. The van der Waals surface area contributed by atoms with Crippen LogP contribution in [0.5, 0.6) is 0 Å². The minimum atomic E-state index is -4.35. The van der Waals surface area contributed by atoms with Crippen molar-refractivity contribution in [2.75, 3.05) is 5.73 Å². The average Bonchev–Trinajstić information content (AvgIpc) is 2.79. The largest absolute Gasteiger partial charge is 0.416 e. The van der Waals surface area contributed by atoms with Crippen molar-refractivity contribution in [3.8, 4) is 11.1 Å². The number of fused-ring (bicyclic) bond motifs is 1. The number of hydrogen-bond acceptors (Lipinski definition) is 2. The van der Waals surface area contributed by atoms with Crippen LogP contribution in [-0.4, -0.2) is 10.2 Å². The van der Waals surface area contributed by atoms with E-state index in [-0.39, 0.29) is 0 Å². The standard InChI is InChI=1S/C14H10F3N3/c15-14(16,17)10-3-1-2-8(6-10)9-4-5-11-12(7-9)19-20-13(11)18/h1-7H,(H3,18,19,20). The molecule has 2 aromatic carbocycles. The number of aromatic amines is 1. The van der Waals surface area contributed by atoms with Crippen molar-refractivity contribution in [2.24, 2.45) is 0 Å². The quantitative estimate of drug-likeness (QED) is 0.710. The van der Waals surface area contributed by atoms with Crippen molar-refractivity contribution in [1.29, 1.82) is 0 Å². The van der Waals surface area contributed by atoms with Gasteiger partial charge in [-0.3, -0.25) is 5.10 Å². The monoisotopic (exact) mass is 277 g/mol. The number of rotatable bonds is 1. The van der Waals surface area contributed by atoms with Gasteiger partial charge in [-0.25, -0.2) is 0 Å². The summed E-state index contributed by atoms with van der Waals surface area (Å²) in [5.41, 5.74) is 6.85. The molecule has 1 heterocycles. The molecule has 0 radical (unpaired) electrons. The van der Waals surface area contributed by atoms with Crippen LogP contribution in [0.3, 0.4) is 0 Å². The van der Waals surface area contributed by atoms with Crippen molar-refractivity contribution in [1.82, 2.24) is 10.2 Å². The van der Waals surface area contributed by atoms with Crippen LogP contribution in [0.1, 0.15) is 5.56 Å². The van der Waals surface area contributed by atoms with Crippen LogP contribution in [0.25, 0.3) is 22.0 Å². The second-order valence-electron chi connectivity index (χ2n) is 4.45. The van der Waals surface area contributed by atoms with Gasteiger partial charge < -0.3 is 5.73 Å². The molecule has 3 nitrogen and oxygen atoms in total. The third kappa shape index (κ3) is 2.09. The SMILES string of the molecule is Nc1n[nH]c2cc(-c3cccc(C(F)(F)F)c3)ccc12. The van der Waals surface area contributed by atoms with E-state index in [1.807, 2.05) is 0 Å². The van der Waals surface area contributed by atoms with E-state index in [1.54, 1.807) is 24.3 Å². The Morgan fingerprint density at radius 2 is 1.75 bits per heavy atom. The van der Waals surface area contributed by atoms with E-state index in [1.165, 1.54) is 6.07 Å². The summed E-state index contributed by atoms with van der Waals surface area (Å²) in [5.74, 6) is 0.371. The zero-order chi connectivity index (χ0) is 14.3. The van der Waals surface area contributed by atoms with Crippen LogP contribution in [-0.2, 0) is 6.18 Å². The Balaban J connectivity index is 2.11. The molecule has 0 spiro atoms. The predicted molar refractivity (Wildman–Crippen MR) is 70.9 cm³/mol. The molecule has 0 aliphatic rings. The smallest absolute Gasteiger partial charge is 0.382 e. The Morgan fingerprint density at radius 1 is 1.00 bits per heavy atom. The van der Waals surface area contributed by atoms with E-state index >= 15 is 0 Å². The fourth-order valence-corrected chi connectivity index (χ4v) is 2.10. The van der Waals surface area contributed by atoms with Crippen LogP contribution in [0.4, 0.5) is 19.0 Å². The van der Waals surface area contributed by atoms with Gasteiger partial charge in [0.05, 0.1) is 11.1 Å². The molecule has 3 aromatic rings. The number of anilines is 1. The number of aromatic nitrogens is 2. The Kier molecular flexibility index (Phi) is 2.67. The van der Waals surface area contributed by atoms with E-state index in [9.17, 15) is 13.2 Å². The van der Waals surface area contributed by atoms with Crippen molar-refractivity contribution in [2.45, 2.75) is 6.18 Å². The number of halogens is 3. The number of nitrogen functional groups attached to an aromatic ring is 1. The molecule has 1 aromatic heterocycles. The van der Waals surface area contributed by atoms with Crippen molar-refractivity contribution in [3.05, 3.63) is 48.0 Å². The van der Waals surface area contributed by atoms with Crippen molar-refractivity contribution in [3.63, 3.8) is 0 Å². The minimum absolute atomic E-state index is 0.371. The Morgan fingerprint density at radius 3 is 2.50 bits per heavy atom. The van der Waals surface area contributed by atoms with Gasteiger partial charge in [-0.1, -0.05) is 18.2 Å². The molecule has 3 rings (SSSR count). The number of nitrogens with two attached hydrogens (primary N) is 1. The lowest BCUT2D eigenvalue weighted by molar-refractivity contribution is -0.137. The number of alkyl halides is 3. The zero-order valence-corrected chi connectivity index (χ0v) is 10.2. The number of hydrogen-bond donors (Lipinski definition) is 2. The van der Waals surface area contributed by atoms with E-state index < -0.39 is 11.7 Å². The molecule has 102 valence electrons. The molecule has 0 aliphatic heterocycles. The lowest BCUT2D eigenvalue weighted by Crippen LogP contribution is -2.04. The van der Waals surface area contributed by atoms with Gasteiger partial charge in [0.2, 0.25) is 0 Å². The van der Waals surface area contributed by atoms with Crippen LogP contribution < -0.4 is 5.73 Å². The average molecular weight is 277 g/mol. The molecule has 0 saturated heterocycles. The van der Waals surface area contributed by atoms with E-state index in [0.29, 0.717) is 22.5 Å². The molecule has 0 saturated carbocycles. The molecule has 0 bridgehead atoms. The molecular formula is C14H10F3N3. The van der Waals surface area contributed by atoms with Gasteiger partial charge in [0.1, 0.15) is 0 Å². The predicted octanol–water partition coefficient (Wildman–Crippen LogP) is 3.83. The highest BCUT2D eigenvalue weighted by Crippen LogP contribution is 2.33. The third-order valence-electron chi connectivity index (χ3n) is 3.12. The lowest BCUT2D eigenvalue weighted by atomic mass is 10.0. The topological polar surface area (TPSA) is 54.7 Å². The van der Waals surface area contributed by atoms with Gasteiger partial charge in [0.15, 0.2) is 5.82 Å². The summed E-state index contributed by atoms with van der Waals surface area (Å²) < 4.78 is 38.1. The van der Waals surface area contributed by atoms with Gasteiger partial charge in [0.25, 0.3) is 0 Å². The Hall–Kier alpha value is -2.50. The number of H-pyrrole nitrogens is 1. The van der Waals surface area contributed by atoms with E-state index in [4.69, 9.17) is 5.73 Å². The Bertz CT molecular complexity index is 775. The van der Waals surface area contributed by atoms with Crippen molar-refractivity contribution >= 4 is 16.7 Å². The highest BCUT2D eigenvalue weighted by atomic mass is 19.4. The van der Waals surface area contributed by atoms with Crippen LogP contribution in [0.2, 0.25) is 0 Å². The first-order valence-corrected chi connectivity index (χ1v) is 5.86. The first kappa shape index (κ1) is 12.5. The third-order valence-corrected chi connectivity index (χ3v) is 3.12. The van der Waals surface area contributed by atoms with Gasteiger partial charge in [-0.2, -0.15) is 18.3 Å². The molecule has 0 atom stereocenters. The molecular weight excluding hydrogens is 267 g/mol. The molecule has 20 heavy (non-hydrogen) atoms. The maximum Gasteiger partial charge on any atom is 0.416 e. The number of nitrogens with one attached hydrogen (secondary N) is 1. The summed E-state index contributed by atoms with van der Waals surface area (Å²) in [4.78, 5) is 0. The van der Waals surface area contributed by atoms with Crippen LogP contribution >= 0.6 is 0 Å². The fraction of sp³-hybridized carbons (Fsp3) is 0.0714. The minimum Gasteiger partial charge on any atom is -0.382 e. The highest BCUT2D eigenvalue weighted by molar-refractivity contribution is 5.91.